The smallest absolute Gasteiger partial charge is 0.276 e. The summed E-state index contributed by atoms with van der Waals surface area (Å²) in [4.78, 5) is 24.9. The van der Waals surface area contributed by atoms with Gasteiger partial charge in [0.2, 0.25) is 5.91 Å². The molecule has 2 amide bonds. The number of rotatable bonds is 6. The van der Waals surface area contributed by atoms with Crippen LogP contribution in [0.4, 0.5) is 4.39 Å². The van der Waals surface area contributed by atoms with E-state index in [1.807, 2.05) is 25.1 Å². The Morgan fingerprint density at radius 1 is 1.10 bits per heavy atom. The summed E-state index contributed by atoms with van der Waals surface area (Å²) in [6.45, 7) is 5.88. The standard InChI is InChI=1S/C23H27FN2O3/c1-15(2)19-10-5-16(3)13-20(19)29-14-21(27)25-26-22(28)23(11-4-12-23)17-6-8-18(24)9-7-17/h5-10,13,15H,4,11-12,14H2,1-3H3,(H,25,27)(H,26,28). The summed E-state index contributed by atoms with van der Waals surface area (Å²) in [7, 11) is 0. The van der Waals surface area contributed by atoms with Crippen LogP contribution in [0.3, 0.4) is 0 Å². The van der Waals surface area contributed by atoms with Crippen LogP contribution in [0.5, 0.6) is 5.75 Å². The van der Waals surface area contributed by atoms with Gasteiger partial charge in [-0.3, -0.25) is 20.4 Å². The van der Waals surface area contributed by atoms with Crippen LogP contribution in [0, 0.1) is 12.7 Å². The third-order valence-corrected chi connectivity index (χ3v) is 5.50. The molecular weight excluding hydrogens is 371 g/mol. The summed E-state index contributed by atoms with van der Waals surface area (Å²) in [5.41, 5.74) is 7.06. The SMILES string of the molecule is Cc1ccc(C(C)C)c(OCC(=O)NNC(=O)C2(c3ccc(F)cc3)CCC2)c1. The topological polar surface area (TPSA) is 67.4 Å². The highest BCUT2D eigenvalue weighted by molar-refractivity contribution is 5.91. The Morgan fingerprint density at radius 3 is 2.38 bits per heavy atom. The van der Waals surface area contributed by atoms with E-state index in [-0.39, 0.29) is 24.2 Å². The van der Waals surface area contributed by atoms with Gasteiger partial charge in [-0.05, 0) is 60.6 Å². The molecule has 0 unspecified atom stereocenters. The first kappa shape index (κ1) is 20.8. The molecule has 0 bridgehead atoms. The van der Waals surface area contributed by atoms with Crippen molar-refractivity contribution in [2.75, 3.05) is 6.61 Å². The summed E-state index contributed by atoms with van der Waals surface area (Å²) in [5, 5.41) is 0. The molecular formula is C23H27FN2O3. The maximum absolute atomic E-state index is 13.2. The zero-order chi connectivity index (χ0) is 21.0. The minimum Gasteiger partial charge on any atom is -0.483 e. The zero-order valence-corrected chi connectivity index (χ0v) is 17.0. The van der Waals surface area contributed by atoms with Gasteiger partial charge in [0.05, 0.1) is 5.41 Å². The Balaban J connectivity index is 1.57. The lowest BCUT2D eigenvalue weighted by Crippen LogP contribution is -2.55. The Bertz CT molecular complexity index is 889. The second-order valence-corrected chi connectivity index (χ2v) is 7.93. The van der Waals surface area contributed by atoms with E-state index in [2.05, 4.69) is 24.7 Å². The van der Waals surface area contributed by atoms with Gasteiger partial charge in [-0.25, -0.2) is 4.39 Å². The van der Waals surface area contributed by atoms with Crippen LogP contribution in [-0.4, -0.2) is 18.4 Å². The molecule has 0 atom stereocenters. The first-order valence-corrected chi connectivity index (χ1v) is 9.90. The van der Waals surface area contributed by atoms with Crippen LogP contribution < -0.4 is 15.6 Å². The lowest BCUT2D eigenvalue weighted by atomic mass is 9.64. The maximum Gasteiger partial charge on any atom is 0.276 e. The van der Waals surface area contributed by atoms with Crippen molar-refractivity contribution in [2.24, 2.45) is 0 Å². The molecule has 0 aliphatic heterocycles. The molecule has 1 saturated carbocycles. The van der Waals surface area contributed by atoms with E-state index in [0.717, 1.165) is 23.1 Å². The molecule has 1 fully saturated rings. The molecule has 0 saturated heterocycles. The van der Waals surface area contributed by atoms with Crippen molar-refractivity contribution in [3.63, 3.8) is 0 Å². The molecule has 3 rings (SSSR count). The summed E-state index contributed by atoms with van der Waals surface area (Å²) >= 11 is 0. The lowest BCUT2D eigenvalue weighted by molar-refractivity contribution is -0.135. The largest absolute Gasteiger partial charge is 0.483 e. The van der Waals surface area contributed by atoms with Gasteiger partial charge in [-0.2, -0.15) is 0 Å². The zero-order valence-electron chi connectivity index (χ0n) is 17.0. The van der Waals surface area contributed by atoms with Crippen molar-refractivity contribution in [2.45, 2.75) is 51.4 Å². The minimum atomic E-state index is -0.719. The van der Waals surface area contributed by atoms with Crippen molar-refractivity contribution in [3.05, 3.63) is 65.0 Å². The van der Waals surface area contributed by atoms with Crippen LogP contribution in [0.15, 0.2) is 42.5 Å². The normalized spacial score (nSPS) is 14.8. The first-order chi connectivity index (χ1) is 13.8. The number of hydrogen-bond donors (Lipinski definition) is 2. The Hall–Kier alpha value is -2.89. The first-order valence-electron chi connectivity index (χ1n) is 9.90. The van der Waals surface area contributed by atoms with Gasteiger partial charge >= 0.3 is 0 Å². The molecule has 1 aliphatic carbocycles. The second-order valence-electron chi connectivity index (χ2n) is 7.93. The predicted octanol–water partition coefficient (Wildman–Crippen LogP) is 3.91. The lowest BCUT2D eigenvalue weighted by Gasteiger charge is -2.40. The van der Waals surface area contributed by atoms with E-state index in [1.165, 1.54) is 12.1 Å². The number of carbonyl (C=O) groups excluding carboxylic acids is 2. The molecule has 2 aromatic rings. The van der Waals surface area contributed by atoms with Crippen LogP contribution in [0.1, 0.15) is 55.7 Å². The molecule has 154 valence electrons. The van der Waals surface area contributed by atoms with Gasteiger partial charge < -0.3 is 4.74 Å². The summed E-state index contributed by atoms with van der Waals surface area (Å²) in [5.74, 6) is -0.137. The van der Waals surface area contributed by atoms with E-state index >= 15 is 0 Å². The molecule has 0 spiro atoms. The number of hydrazine groups is 1. The summed E-state index contributed by atoms with van der Waals surface area (Å²) in [6.07, 6.45) is 2.24. The molecule has 0 aromatic heterocycles. The fourth-order valence-electron chi connectivity index (χ4n) is 3.62. The number of hydrogen-bond acceptors (Lipinski definition) is 3. The van der Waals surface area contributed by atoms with E-state index in [9.17, 15) is 14.0 Å². The van der Waals surface area contributed by atoms with Crippen LogP contribution in [-0.2, 0) is 15.0 Å². The summed E-state index contributed by atoms with van der Waals surface area (Å²) < 4.78 is 18.9. The van der Waals surface area contributed by atoms with Crippen LogP contribution in [0.25, 0.3) is 0 Å². The molecule has 0 heterocycles. The van der Waals surface area contributed by atoms with Gasteiger partial charge in [0, 0.05) is 0 Å². The maximum atomic E-state index is 13.2. The van der Waals surface area contributed by atoms with Crippen molar-refractivity contribution in [1.82, 2.24) is 10.9 Å². The number of aryl methyl sites for hydroxylation is 1. The highest BCUT2D eigenvalue weighted by Crippen LogP contribution is 2.43. The Labute approximate surface area is 170 Å². The van der Waals surface area contributed by atoms with E-state index < -0.39 is 11.3 Å². The number of halogens is 1. The summed E-state index contributed by atoms with van der Waals surface area (Å²) in [6, 6.07) is 11.9. The second kappa shape index (κ2) is 8.64. The Kier molecular flexibility index (Phi) is 6.20. The van der Waals surface area contributed by atoms with Gasteiger partial charge in [-0.1, -0.05) is 44.5 Å². The fraction of sp³-hybridized carbons (Fsp3) is 0.391. The van der Waals surface area contributed by atoms with E-state index in [4.69, 9.17) is 4.74 Å². The number of carbonyl (C=O) groups is 2. The van der Waals surface area contributed by atoms with E-state index in [1.54, 1.807) is 12.1 Å². The van der Waals surface area contributed by atoms with E-state index in [0.29, 0.717) is 18.6 Å². The third-order valence-electron chi connectivity index (χ3n) is 5.50. The quantitative estimate of drug-likeness (QED) is 0.725. The van der Waals surface area contributed by atoms with Crippen LogP contribution in [0.2, 0.25) is 0 Å². The van der Waals surface area contributed by atoms with Gasteiger partial charge in [0.1, 0.15) is 11.6 Å². The average molecular weight is 398 g/mol. The molecule has 1 aliphatic rings. The average Bonchev–Trinajstić information content (AvgIpc) is 2.65. The van der Waals surface area contributed by atoms with Gasteiger partial charge in [0.25, 0.3) is 5.91 Å². The molecule has 2 N–H and O–H groups in total. The molecule has 2 aromatic carbocycles. The molecule has 29 heavy (non-hydrogen) atoms. The van der Waals surface area contributed by atoms with Crippen molar-refractivity contribution < 1.29 is 18.7 Å². The minimum absolute atomic E-state index is 0.201. The number of amides is 2. The predicted molar refractivity (Wildman–Crippen MR) is 109 cm³/mol. The highest BCUT2D eigenvalue weighted by atomic mass is 19.1. The van der Waals surface area contributed by atoms with Crippen molar-refractivity contribution >= 4 is 11.8 Å². The van der Waals surface area contributed by atoms with Gasteiger partial charge in [0.15, 0.2) is 6.61 Å². The Morgan fingerprint density at radius 2 is 1.79 bits per heavy atom. The van der Waals surface area contributed by atoms with Crippen LogP contribution >= 0.6 is 0 Å². The number of ether oxygens (including phenoxy) is 1. The number of nitrogens with one attached hydrogen (secondary N) is 2. The van der Waals surface area contributed by atoms with Crippen molar-refractivity contribution in [3.8, 4) is 5.75 Å². The third kappa shape index (κ3) is 4.58. The molecule has 0 radical (unpaired) electrons. The monoisotopic (exact) mass is 398 g/mol. The highest BCUT2D eigenvalue weighted by Gasteiger charge is 2.45. The van der Waals surface area contributed by atoms with Gasteiger partial charge in [-0.15, -0.1) is 0 Å². The molecule has 6 heteroatoms. The number of benzene rings is 2. The fourth-order valence-corrected chi connectivity index (χ4v) is 3.62. The van der Waals surface area contributed by atoms with Crippen molar-refractivity contribution in [1.29, 1.82) is 0 Å². The molecule has 5 nitrogen and oxygen atoms in total.